The smallest absolute Gasteiger partial charge is 0.161 e. The van der Waals surface area contributed by atoms with Gasteiger partial charge in [-0.1, -0.05) is 17.7 Å². The highest BCUT2D eigenvalue weighted by Crippen LogP contribution is 2.30. The van der Waals surface area contributed by atoms with Crippen LogP contribution >= 0.6 is 11.6 Å². The van der Waals surface area contributed by atoms with Gasteiger partial charge in [0.1, 0.15) is 6.61 Å². The monoisotopic (exact) mass is 293 g/mol. The highest BCUT2D eigenvalue weighted by molar-refractivity contribution is 6.31. The number of benzene rings is 2. The van der Waals surface area contributed by atoms with E-state index in [-0.39, 0.29) is 6.61 Å². The lowest BCUT2D eigenvalue weighted by atomic mass is 10.2. The van der Waals surface area contributed by atoms with Crippen LogP contribution in [0.25, 0.3) is 0 Å². The van der Waals surface area contributed by atoms with Crippen molar-refractivity contribution in [1.82, 2.24) is 0 Å². The molecule has 4 nitrogen and oxygen atoms in total. The molecule has 0 bridgehead atoms. The number of hydrogen-bond acceptors (Lipinski definition) is 4. The Hall–Kier alpha value is -1.91. The summed E-state index contributed by atoms with van der Waals surface area (Å²) in [5.41, 5.74) is 7.92. The Balaban J connectivity index is 2.16. The summed E-state index contributed by atoms with van der Waals surface area (Å²) < 4.78 is 10.9. The van der Waals surface area contributed by atoms with Crippen LogP contribution in [0.4, 0.5) is 5.69 Å². The normalized spacial score (nSPS) is 10.3. The standard InChI is InChI=1S/C15H16ClNO3/c1-19-15-6-10(8-18)2-5-14(15)20-9-11-7-12(17)3-4-13(11)16/h2-7,18H,8-9,17H2,1H3. The van der Waals surface area contributed by atoms with E-state index in [1.807, 2.05) is 0 Å². The average Bonchev–Trinajstić information content (AvgIpc) is 2.48. The van der Waals surface area contributed by atoms with Crippen LogP contribution in [0.3, 0.4) is 0 Å². The van der Waals surface area contributed by atoms with E-state index < -0.39 is 0 Å². The summed E-state index contributed by atoms with van der Waals surface area (Å²) in [5, 5.41) is 9.70. The quantitative estimate of drug-likeness (QED) is 0.832. The topological polar surface area (TPSA) is 64.7 Å². The van der Waals surface area contributed by atoms with Crippen LogP contribution in [0.5, 0.6) is 11.5 Å². The van der Waals surface area contributed by atoms with Crippen LogP contribution in [0.1, 0.15) is 11.1 Å². The number of halogens is 1. The fourth-order valence-corrected chi connectivity index (χ4v) is 1.96. The van der Waals surface area contributed by atoms with Crippen molar-refractivity contribution in [2.45, 2.75) is 13.2 Å². The van der Waals surface area contributed by atoms with E-state index in [1.165, 1.54) is 0 Å². The number of rotatable bonds is 5. The molecule has 2 aromatic carbocycles. The molecule has 0 aliphatic heterocycles. The first-order valence-corrected chi connectivity index (χ1v) is 6.46. The van der Waals surface area contributed by atoms with Crippen molar-refractivity contribution >= 4 is 17.3 Å². The van der Waals surface area contributed by atoms with Crippen molar-refractivity contribution in [1.29, 1.82) is 0 Å². The van der Waals surface area contributed by atoms with Gasteiger partial charge in [-0.3, -0.25) is 0 Å². The number of anilines is 1. The van der Waals surface area contributed by atoms with E-state index in [1.54, 1.807) is 43.5 Å². The van der Waals surface area contributed by atoms with E-state index >= 15 is 0 Å². The molecule has 106 valence electrons. The molecule has 0 aliphatic rings. The molecule has 0 amide bonds. The van der Waals surface area contributed by atoms with Crippen molar-refractivity contribution in [3.8, 4) is 11.5 Å². The minimum absolute atomic E-state index is 0.0440. The molecule has 0 aliphatic carbocycles. The van der Waals surface area contributed by atoms with Gasteiger partial charge in [-0.25, -0.2) is 0 Å². The van der Waals surface area contributed by atoms with Gasteiger partial charge < -0.3 is 20.3 Å². The predicted octanol–water partition coefficient (Wildman–Crippen LogP) is 3.00. The highest BCUT2D eigenvalue weighted by atomic mass is 35.5. The van der Waals surface area contributed by atoms with Crippen molar-refractivity contribution in [2.24, 2.45) is 0 Å². The Kier molecular flexibility index (Phi) is 4.71. The van der Waals surface area contributed by atoms with Gasteiger partial charge in [0, 0.05) is 16.3 Å². The van der Waals surface area contributed by atoms with Crippen molar-refractivity contribution < 1.29 is 14.6 Å². The van der Waals surface area contributed by atoms with Gasteiger partial charge in [0.25, 0.3) is 0 Å². The van der Waals surface area contributed by atoms with E-state index in [9.17, 15) is 0 Å². The zero-order chi connectivity index (χ0) is 14.5. The van der Waals surface area contributed by atoms with Gasteiger partial charge in [0.05, 0.1) is 13.7 Å². The van der Waals surface area contributed by atoms with Crippen molar-refractivity contribution in [3.63, 3.8) is 0 Å². The fraction of sp³-hybridized carbons (Fsp3) is 0.200. The van der Waals surface area contributed by atoms with Crippen LogP contribution in [0.15, 0.2) is 36.4 Å². The van der Waals surface area contributed by atoms with Crippen LogP contribution in [0, 0.1) is 0 Å². The number of aliphatic hydroxyl groups excluding tert-OH is 1. The SMILES string of the molecule is COc1cc(CO)ccc1OCc1cc(N)ccc1Cl. The summed E-state index contributed by atoms with van der Waals surface area (Å²) in [5.74, 6) is 1.15. The van der Waals surface area contributed by atoms with E-state index in [0.29, 0.717) is 28.8 Å². The first kappa shape index (κ1) is 14.5. The lowest BCUT2D eigenvalue weighted by Gasteiger charge is -2.12. The molecule has 20 heavy (non-hydrogen) atoms. The van der Waals surface area contributed by atoms with Gasteiger partial charge in [0.2, 0.25) is 0 Å². The minimum atomic E-state index is -0.0440. The molecule has 2 rings (SSSR count). The summed E-state index contributed by atoms with van der Waals surface area (Å²) in [4.78, 5) is 0. The van der Waals surface area contributed by atoms with Crippen LogP contribution in [-0.4, -0.2) is 12.2 Å². The van der Waals surface area contributed by atoms with Gasteiger partial charge in [-0.2, -0.15) is 0 Å². The molecule has 0 saturated heterocycles. The number of hydrogen-bond donors (Lipinski definition) is 2. The number of ether oxygens (including phenoxy) is 2. The van der Waals surface area contributed by atoms with Crippen molar-refractivity contribution in [3.05, 3.63) is 52.5 Å². The van der Waals surface area contributed by atoms with Crippen molar-refractivity contribution in [2.75, 3.05) is 12.8 Å². The molecule has 0 radical (unpaired) electrons. The number of nitrogen functional groups attached to an aromatic ring is 1. The van der Waals surface area contributed by atoms with Crippen LogP contribution < -0.4 is 15.2 Å². The molecule has 2 aromatic rings. The third kappa shape index (κ3) is 3.35. The van der Waals surface area contributed by atoms with Crippen LogP contribution in [0.2, 0.25) is 5.02 Å². The summed E-state index contributed by atoms with van der Waals surface area (Å²) in [6.45, 7) is 0.246. The lowest BCUT2D eigenvalue weighted by molar-refractivity contribution is 0.274. The minimum Gasteiger partial charge on any atom is -0.493 e. The summed E-state index contributed by atoms with van der Waals surface area (Å²) >= 11 is 6.08. The molecule has 0 fully saturated rings. The molecular weight excluding hydrogens is 278 g/mol. The second kappa shape index (κ2) is 6.50. The summed E-state index contributed by atoms with van der Waals surface area (Å²) in [6, 6.07) is 10.5. The lowest BCUT2D eigenvalue weighted by Crippen LogP contribution is -2.00. The summed E-state index contributed by atoms with van der Waals surface area (Å²) in [6.07, 6.45) is 0. The second-order valence-corrected chi connectivity index (χ2v) is 4.69. The molecule has 0 unspecified atom stereocenters. The Morgan fingerprint density at radius 2 is 1.95 bits per heavy atom. The molecule has 0 heterocycles. The van der Waals surface area contributed by atoms with E-state index in [4.69, 9.17) is 31.9 Å². The Bertz CT molecular complexity index is 602. The zero-order valence-electron chi connectivity index (χ0n) is 11.1. The molecule has 5 heteroatoms. The largest absolute Gasteiger partial charge is 0.493 e. The maximum absolute atomic E-state index is 9.10. The fourth-order valence-electron chi connectivity index (χ4n) is 1.79. The Labute approximate surface area is 122 Å². The molecule has 3 N–H and O–H groups in total. The number of aliphatic hydroxyl groups is 1. The maximum atomic E-state index is 9.10. The van der Waals surface area contributed by atoms with Gasteiger partial charge in [-0.15, -0.1) is 0 Å². The van der Waals surface area contributed by atoms with E-state index in [0.717, 1.165) is 11.1 Å². The Morgan fingerprint density at radius 1 is 1.15 bits per heavy atom. The van der Waals surface area contributed by atoms with Crippen LogP contribution in [-0.2, 0) is 13.2 Å². The highest BCUT2D eigenvalue weighted by Gasteiger charge is 2.07. The molecule has 0 spiro atoms. The third-order valence-electron chi connectivity index (χ3n) is 2.86. The average molecular weight is 294 g/mol. The first-order valence-electron chi connectivity index (χ1n) is 6.08. The number of nitrogens with two attached hydrogens (primary N) is 1. The Morgan fingerprint density at radius 3 is 2.65 bits per heavy atom. The predicted molar refractivity (Wildman–Crippen MR) is 79.1 cm³/mol. The van der Waals surface area contributed by atoms with Gasteiger partial charge in [0.15, 0.2) is 11.5 Å². The summed E-state index contributed by atoms with van der Waals surface area (Å²) in [7, 11) is 1.55. The molecule has 0 saturated carbocycles. The number of methoxy groups -OCH3 is 1. The first-order chi connectivity index (χ1) is 9.63. The van der Waals surface area contributed by atoms with E-state index in [2.05, 4.69) is 0 Å². The molecule has 0 atom stereocenters. The zero-order valence-corrected chi connectivity index (χ0v) is 11.9. The third-order valence-corrected chi connectivity index (χ3v) is 3.23. The maximum Gasteiger partial charge on any atom is 0.161 e. The molecular formula is C15H16ClNO3. The molecule has 0 aromatic heterocycles. The van der Waals surface area contributed by atoms with Gasteiger partial charge in [-0.05, 0) is 35.9 Å². The van der Waals surface area contributed by atoms with Gasteiger partial charge >= 0.3 is 0 Å². The second-order valence-electron chi connectivity index (χ2n) is 4.28.